The van der Waals surface area contributed by atoms with Crippen LogP contribution < -0.4 is 0 Å². The van der Waals surface area contributed by atoms with Gasteiger partial charge in [0.15, 0.2) is 5.82 Å². The molecule has 1 saturated heterocycles. The lowest BCUT2D eigenvalue weighted by Crippen LogP contribution is -2.39. The van der Waals surface area contributed by atoms with Gasteiger partial charge < -0.3 is 9.09 Å². The van der Waals surface area contributed by atoms with Gasteiger partial charge in [-0.3, -0.25) is 4.90 Å². The number of nitrogens with zero attached hydrogens (tertiary/aromatic N) is 5. The van der Waals surface area contributed by atoms with Crippen molar-refractivity contribution in [2.75, 3.05) is 6.54 Å². The molecule has 0 amide bonds. The van der Waals surface area contributed by atoms with Crippen LogP contribution in [0.4, 0.5) is 0 Å². The van der Waals surface area contributed by atoms with Crippen molar-refractivity contribution in [1.29, 1.82) is 0 Å². The molecule has 1 aromatic carbocycles. The highest BCUT2D eigenvalue weighted by atomic mass is 35.5. The first-order valence-corrected chi connectivity index (χ1v) is 9.90. The largest absolute Gasteiger partial charge is 0.338 e. The van der Waals surface area contributed by atoms with Gasteiger partial charge in [-0.15, -0.1) is 0 Å². The number of benzene rings is 1. The predicted octanol–water partition coefficient (Wildman–Crippen LogP) is 3.96. The number of rotatable bonds is 7. The molecule has 3 heterocycles. The van der Waals surface area contributed by atoms with E-state index in [9.17, 15) is 0 Å². The van der Waals surface area contributed by atoms with Crippen LogP contribution in [-0.2, 0) is 19.5 Å². The molecule has 0 N–H and O–H groups in total. The van der Waals surface area contributed by atoms with Gasteiger partial charge in [-0.1, -0.05) is 41.4 Å². The molecule has 142 valence electrons. The number of aryl methyl sites for hydroxylation is 1. The van der Waals surface area contributed by atoms with Crippen LogP contribution in [-0.4, -0.2) is 37.2 Å². The average Bonchev–Trinajstić information content (AvgIpc) is 3.35. The topological polar surface area (TPSA) is 60.0 Å². The van der Waals surface area contributed by atoms with E-state index in [2.05, 4.69) is 24.6 Å². The molecule has 0 bridgehead atoms. The monoisotopic (exact) mass is 385 g/mol. The molecule has 7 heteroatoms. The third kappa shape index (κ3) is 4.76. The molecule has 4 rings (SSSR count). The Morgan fingerprint density at radius 1 is 1.22 bits per heavy atom. The standard InChI is InChI=1S/C20H24ClN5O/c21-18-7-2-1-5-16(18)13-19-23-20(27-24-19)14-26-10-4-3-6-17(26)8-11-25-12-9-22-15-25/h1-2,5,7,9,12,15,17H,3-4,6,8,10-11,13-14H2/t17-/m1/s1. The van der Waals surface area contributed by atoms with Crippen molar-refractivity contribution in [2.24, 2.45) is 0 Å². The molecule has 0 saturated carbocycles. The van der Waals surface area contributed by atoms with Gasteiger partial charge in [0.05, 0.1) is 12.9 Å². The lowest BCUT2D eigenvalue weighted by Gasteiger charge is -2.34. The first kappa shape index (κ1) is 18.2. The van der Waals surface area contributed by atoms with Crippen molar-refractivity contribution < 1.29 is 4.52 Å². The van der Waals surface area contributed by atoms with Crippen LogP contribution in [0.25, 0.3) is 0 Å². The summed E-state index contributed by atoms with van der Waals surface area (Å²) in [4.78, 5) is 11.2. The van der Waals surface area contributed by atoms with Crippen LogP contribution in [0.5, 0.6) is 0 Å². The fourth-order valence-electron chi connectivity index (χ4n) is 3.72. The zero-order chi connectivity index (χ0) is 18.5. The lowest BCUT2D eigenvalue weighted by atomic mass is 9.99. The minimum atomic E-state index is 0.542. The maximum atomic E-state index is 6.23. The molecule has 0 radical (unpaired) electrons. The van der Waals surface area contributed by atoms with Crippen LogP contribution in [0, 0.1) is 0 Å². The Morgan fingerprint density at radius 2 is 2.15 bits per heavy atom. The zero-order valence-electron chi connectivity index (χ0n) is 15.3. The minimum Gasteiger partial charge on any atom is -0.338 e. The molecule has 0 unspecified atom stereocenters. The quantitative estimate of drug-likeness (QED) is 0.616. The molecule has 27 heavy (non-hydrogen) atoms. The van der Waals surface area contributed by atoms with Crippen LogP contribution in [0.2, 0.25) is 5.02 Å². The Morgan fingerprint density at radius 3 is 3.00 bits per heavy atom. The number of piperidine rings is 1. The second-order valence-corrected chi connectivity index (χ2v) is 7.49. The van der Waals surface area contributed by atoms with Crippen molar-refractivity contribution in [3.8, 4) is 0 Å². The van der Waals surface area contributed by atoms with E-state index in [1.54, 1.807) is 0 Å². The van der Waals surface area contributed by atoms with E-state index in [4.69, 9.17) is 16.1 Å². The summed E-state index contributed by atoms with van der Waals surface area (Å²) in [7, 11) is 0. The normalized spacial score (nSPS) is 18.0. The molecule has 6 nitrogen and oxygen atoms in total. The Labute approximate surface area is 164 Å². The first-order valence-electron chi connectivity index (χ1n) is 9.52. The number of imidazole rings is 1. The van der Waals surface area contributed by atoms with Crippen LogP contribution >= 0.6 is 11.6 Å². The second-order valence-electron chi connectivity index (χ2n) is 7.08. The highest BCUT2D eigenvalue weighted by Crippen LogP contribution is 2.23. The van der Waals surface area contributed by atoms with Gasteiger partial charge in [0.1, 0.15) is 0 Å². The van der Waals surface area contributed by atoms with E-state index in [1.807, 2.05) is 43.0 Å². The summed E-state index contributed by atoms with van der Waals surface area (Å²) in [6.45, 7) is 2.78. The van der Waals surface area contributed by atoms with E-state index in [0.717, 1.165) is 30.1 Å². The average molecular weight is 386 g/mol. The van der Waals surface area contributed by atoms with Crippen LogP contribution in [0.1, 0.15) is 43.0 Å². The van der Waals surface area contributed by atoms with Crippen LogP contribution in [0.3, 0.4) is 0 Å². The highest BCUT2D eigenvalue weighted by Gasteiger charge is 2.24. The maximum absolute atomic E-state index is 6.23. The number of hydrogen-bond acceptors (Lipinski definition) is 5. The third-order valence-electron chi connectivity index (χ3n) is 5.18. The fraction of sp³-hybridized carbons (Fsp3) is 0.450. The van der Waals surface area contributed by atoms with E-state index in [-0.39, 0.29) is 0 Å². The minimum absolute atomic E-state index is 0.542. The van der Waals surface area contributed by atoms with E-state index in [1.165, 1.54) is 19.3 Å². The smallest absolute Gasteiger partial charge is 0.240 e. The molecule has 2 aromatic heterocycles. The summed E-state index contributed by atoms with van der Waals surface area (Å²) in [5.41, 5.74) is 1.02. The molecular formula is C20H24ClN5O. The van der Waals surface area contributed by atoms with Crippen molar-refractivity contribution in [3.05, 3.63) is 65.3 Å². The molecule has 3 aromatic rings. The molecule has 1 fully saturated rings. The Hall–Kier alpha value is -2.18. The van der Waals surface area contributed by atoms with E-state index < -0.39 is 0 Å². The molecular weight excluding hydrogens is 362 g/mol. The van der Waals surface area contributed by atoms with Gasteiger partial charge in [0.2, 0.25) is 5.89 Å². The third-order valence-corrected chi connectivity index (χ3v) is 5.55. The molecule has 0 spiro atoms. The molecule has 0 aliphatic carbocycles. The summed E-state index contributed by atoms with van der Waals surface area (Å²) < 4.78 is 7.66. The van der Waals surface area contributed by atoms with Crippen molar-refractivity contribution in [1.82, 2.24) is 24.6 Å². The summed E-state index contributed by atoms with van der Waals surface area (Å²) in [6, 6.07) is 8.32. The Balaban J connectivity index is 1.37. The number of hydrogen-bond donors (Lipinski definition) is 0. The maximum Gasteiger partial charge on any atom is 0.240 e. The summed E-state index contributed by atoms with van der Waals surface area (Å²) >= 11 is 6.23. The molecule has 1 atom stereocenters. The predicted molar refractivity (Wildman–Crippen MR) is 103 cm³/mol. The summed E-state index contributed by atoms with van der Waals surface area (Å²) in [6.07, 6.45) is 11.2. The van der Waals surface area contributed by atoms with Gasteiger partial charge in [0.25, 0.3) is 0 Å². The number of likely N-dealkylation sites (tertiary alicyclic amines) is 1. The van der Waals surface area contributed by atoms with Gasteiger partial charge in [-0.25, -0.2) is 4.98 Å². The van der Waals surface area contributed by atoms with Gasteiger partial charge >= 0.3 is 0 Å². The van der Waals surface area contributed by atoms with Crippen molar-refractivity contribution in [2.45, 2.75) is 51.2 Å². The Kier molecular flexibility index (Phi) is 5.84. The van der Waals surface area contributed by atoms with Crippen molar-refractivity contribution in [3.63, 3.8) is 0 Å². The second kappa shape index (κ2) is 8.67. The number of halogens is 1. The first-order chi connectivity index (χ1) is 13.3. The fourth-order valence-corrected chi connectivity index (χ4v) is 3.93. The molecule has 1 aliphatic rings. The van der Waals surface area contributed by atoms with Gasteiger partial charge in [-0.05, 0) is 37.4 Å². The SMILES string of the molecule is Clc1ccccc1Cc1noc(CN2CCCC[C@@H]2CCn2ccnc2)n1. The Bertz CT molecular complexity index is 848. The summed E-state index contributed by atoms with van der Waals surface area (Å²) in [5, 5.41) is 4.88. The molecule has 1 aliphatic heterocycles. The van der Waals surface area contributed by atoms with Gasteiger partial charge in [-0.2, -0.15) is 4.98 Å². The van der Waals surface area contributed by atoms with Gasteiger partial charge in [0, 0.05) is 36.4 Å². The zero-order valence-corrected chi connectivity index (χ0v) is 16.1. The van der Waals surface area contributed by atoms with E-state index in [0.29, 0.717) is 30.7 Å². The lowest BCUT2D eigenvalue weighted by molar-refractivity contribution is 0.113. The van der Waals surface area contributed by atoms with E-state index >= 15 is 0 Å². The van der Waals surface area contributed by atoms with Crippen LogP contribution in [0.15, 0.2) is 47.5 Å². The van der Waals surface area contributed by atoms with Crippen molar-refractivity contribution >= 4 is 11.6 Å². The highest BCUT2D eigenvalue weighted by molar-refractivity contribution is 6.31. The summed E-state index contributed by atoms with van der Waals surface area (Å²) in [5.74, 6) is 1.37. The number of aromatic nitrogens is 4.